The fraction of sp³-hybridized carbons (Fsp3) is 0.417. The average molecular weight is 526 g/mol. The third kappa shape index (κ3) is 7.50. The van der Waals surface area contributed by atoms with Crippen LogP contribution in [0.4, 0.5) is 5.69 Å². The van der Waals surface area contributed by atoms with Crippen LogP contribution in [0.15, 0.2) is 42.5 Å². The SMILES string of the molecule is COc1ccc(OC)c(N(CC(=O)N(Cc2ccccc2Cl)C(C)C(=O)NC(C)C)S(C)(=O)=O)c1. The zero-order valence-electron chi connectivity index (χ0n) is 20.7. The number of nitrogens with zero attached hydrogens (tertiary/aromatic N) is 2. The first-order valence-electron chi connectivity index (χ1n) is 10.9. The molecule has 192 valence electrons. The van der Waals surface area contributed by atoms with E-state index < -0.39 is 28.5 Å². The zero-order chi connectivity index (χ0) is 26.3. The van der Waals surface area contributed by atoms with Crippen LogP contribution in [0.3, 0.4) is 0 Å². The molecule has 0 aliphatic carbocycles. The number of carbonyl (C=O) groups is 2. The van der Waals surface area contributed by atoms with Crippen molar-refractivity contribution in [1.82, 2.24) is 10.2 Å². The Hall–Kier alpha value is -2.98. The summed E-state index contributed by atoms with van der Waals surface area (Å²) in [5, 5.41) is 3.22. The van der Waals surface area contributed by atoms with Crippen molar-refractivity contribution in [1.29, 1.82) is 0 Å². The van der Waals surface area contributed by atoms with Crippen LogP contribution in [0.5, 0.6) is 11.5 Å². The lowest BCUT2D eigenvalue weighted by molar-refractivity contribution is -0.139. The first kappa shape index (κ1) is 28.3. The van der Waals surface area contributed by atoms with E-state index in [2.05, 4.69) is 5.32 Å². The number of hydrogen-bond acceptors (Lipinski definition) is 6. The molecule has 9 nitrogen and oxygen atoms in total. The van der Waals surface area contributed by atoms with Gasteiger partial charge in [-0.3, -0.25) is 13.9 Å². The van der Waals surface area contributed by atoms with Gasteiger partial charge in [0.25, 0.3) is 0 Å². The maximum absolute atomic E-state index is 13.6. The van der Waals surface area contributed by atoms with E-state index in [1.165, 1.54) is 25.2 Å². The summed E-state index contributed by atoms with van der Waals surface area (Å²) < 4.78 is 37.1. The van der Waals surface area contributed by atoms with Gasteiger partial charge in [0, 0.05) is 23.7 Å². The lowest BCUT2D eigenvalue weighted by atomic mass is 10.1. The van der Waals surface area contributed by atoms with Crippen LogP contribution in [0.1, 0.15) is 26.3 Å². The molecule has 0 aliphatic rings. The van der Waals surface area contributed by atoms with Gasteiger partial charge in [-0.15, -0.1) is 0 Å². The molecule has 11 heteroatoms. The molecule has 35 heavy (non-hydrogen) atoms. The van der Waals surface area contributed by atoms with Crippen molar-refractivity contribution < 1.29 is 27.5 Å². The van der Waals surface area contributed by atoms with Crippen LogP contribution >= 0.6 is 11.6 Å². The molecule has 2 aromatic rings. The highest BCUT2D eigenvalue weighted by atomic mass is 35.5. The van der Waals surface area contributed by atoms with Crippen molar-refractivity contribution in [3.63, 3.8) is 0 Å². The number of carbonyl (C=O) groups excluding carboxylic acids is 2. The van der Waals surface area contributed by atoms with Gasteiger partial charge in [0.2, 0.25) is 21.8 Å². The van der Waals surface area contributed by atoms with Gasteiger partial charge in [-0.05, 0) is 44.5 Å². The van der Waals surface area contributed by atoms with Gasteiger partial charge in [0.1, 0.15) is 24.1 Å². The van der Waals surface area contributed by atoms with E-state index >= 15 is 0 Å². The minimum atomic E-state index is -3.93. The Bertz CT molecular complexity index is 1160. The van der Waals surface area contributed by atoms with Crippen LogP contribution in [-0.4, -0.2) is 64.2 Å². The van der Waals surface area contributed by atoms with Crippen molar-refractivity contribution in [2.75, 3.05) is 31.3 Å². The summed E-state index contributed by atoms with van der Waals surface area (Å²) in [5.41, 5.74) is 0.760. The molecule has 0 radical (unpaired) electrons. The third-order valence-corrected chi connectivity index (χ3v) is 6.73. The van der Waals surface area contributed by atoms with Crippen LogP contribution in [0, 0.1) is 0 Å². The summed E-state index contributed by atoms with van der Waals surface area (Å²) in [6, 6.07) is 10.6. The lowest BCUT2D eigenvalue weighted by Gasteiger charge is -2.32. The number of sulfonamides is 1. The summed E-state index contributed by atoms with van der Waals surface area (Å²) in [7, 11) is -1.08. The molecule has 0 saturated carbocycles. The predicted octanol–water partition coefficient (Wildman–Crippen LogP) is 3.07. The van der Waals surface area contributed by atoms with Gasteiger partial charge in [-0.1, -0.05) is 29.8 Å². The molecule has 1 unspecified atom stereocenters. The number of benzene rings is 2. The highest BCUT2D eigenvalue weighted by Crippen LogP contribution is 2.34. The predicted molar refractivity (Wildman–Crippen MR) is 136 cm³/mol. The number of nitrogens with one attached hydrogen (secondary N) is 1. The molecule has 1 N–H and O–H groups in total. The molecule has 0 saturated heterocycles. The fourth-order valence-electron chi connectivity index (χ4n) is 3.38. The highest BCUT2D eigenvalue weighted by molar-refractivity contribution is 7.92. The topological polar surface area (TPSA) is 105 Å². The molecule has 0 spiro atoms. The summed E-state index contributed by atoms with van der Waals surface area (Å²) in [6.45, 7) is 4.66. The van der Waals surface area contributed by atoms with Gasteiger partial charge in [-0.2, -0.15) is 0 Å². The normalized spacial score (nSPS) is 12.1. The Kier molecular flexibility index (Phi) is 9.79. The second kappa shape index (κ2) is 12.1. The van der Waals surface area contributed by atoms with Gasteiger partial charge in [0.15, 0.2) is 0 Å². The van der Waals surface area contributed by atoms with Crippen LogP contribution in [-0.2, 0) is 26.2 Å². The smallest absolute Gasteiger partial charge is 0.244 e. The van der Waals surface area contributed by atoms with Gasteiger partial charge >= 0.3 is 0 Å². The van der Waals surface area contributed by atoms with E-state index in [0.717, 1.165) is 10.6 Å². The van der Waals surface area contributed by atoms with Gasteiger partial charge in [-0.25, -0.2) is 8.42 Å². The van der Waals surface area contributed by atoms with Crippen molar-refractivity contribution in [3.05, 3.63) is 53.1 Å². The number of hydrogen-bond donors (Lipinski definition) is 1. The second-order valence-electron chi connectivity index (χ2n) is 8.26. The van der Waals surface area contributed by atoms with Crippen molar-refractivity contribution in [2.24, 2.45) is 0 Å². The maximum atomic E-state index is 13.6. The van der Waals surface area contributed by atoms with Crippen LogP contribution in [0.2, 0.25) is 5.02 Å². The molecule has 2 amide bonds. The minimum absolute atomic E-state index is 0.0119. The Balaban J connectivity index is 2.50. The number of anilines is 1. The van der Waals surface area contributed by atoms with E-state index in [0.29, 0.717) is 16.3 Å². The molecule has 0 bridgehead atoms. The largest absolute Gasteiger partial charge is 0.497 e. The lowest BCUT2D eigenvalue weighted by Crippen LogP contribution is -2.52. The molecule has 0 fully saturated rings. The Labute approximate surface area is 212 Å². The third-order valence-electron chi connectivity index (χ3n) is 5.23. The first-order valence-corrected chi connectivity index (χ1v) is 13.1. The van der Waals surface area contributed by atoms with Crippen molar-refractivity contribution in [2.45, 2.75) is 39.4 Å². The molecule has 0 heterocycles. The molecule has 0 aromatic heterocycles. The van der Waals surface area contributed by atoms with E-state index in [4.69, 9.17) is 21.1 Å². The fourth-order valence-corrected chi connectivity index (χ4v) is 4.42. The standard InChI is InChI=1S/C24H32ClN3O6S/c1-16(2)26-24(30)17(3)27(14-18-9-7-8-10-20(18)25)23(29)15-28(35(6,31)32)21-13-19(33-4)11-12-22(21)34-5/h7-13,16-17H,14-15H2,1-6H3,(H,26,30). The van der Waals surface area contributed by atoms with Crippen molar-refractivity contribution >= 4 is 39.1 Å². The molecule has 2 aromatic carbocycles. The molecule has 2 rings (SSSR count). The number of ether oxygens (including phenoxy) is 2. The minimum Gasteiger partial charge on any atom is -0.497 e. The molecule has 1 atom stereocenters. The van der Waals surface area contributed by atoms with Crippen LogP contribution < -0.4 is 19.1 Å². The number of amides is 2. The molecule has 0 aliphatic heterocycles. The summed E-state index contributed by atoms with van der Waals surface area (Å²) >= 11 is 6.31. The summed E-state index contributed by atoms with van der Waals surface area (Å²) in [4.78, 5) is 27.7. The van der Waals surface area contributed by atoms with E-state index in [1.54, 1.807) is 43.3 Å². The van der Waals surface area contributed by atoms with E-state index in [-0.39, 0.29) is 29.9 Å². The second-order valence-corrected chi connectivity index (χ2v) is 10.6. The first-order chi connectivity index (χ1) is 16.4. The van der Waals surface area contributed by atoms with E-state index in [9.17, 15) is 18.0 Å². The monoisotopic (exact) mass is 525 g/mol. The van der Waals surface area contributed by atoms with Crippen molar-refractivity contribution in [3.8, 4) is 11.5 Å². The number of halogens is 1. The van der Waals surface area contributed by atoms with Gasteiger partial charge < -0.3 is 19.7 Å². The number of methoxy groups -OCH3 is 2. The Morgan fingerprint density at radius 1 is 1.06 bits per heavy atom. The van der Waals surface area contributed by atoms with E-state index in [1.807, 2.05) is 13.8 Å². The highest BCUT2D eigenvalue weighted by Gasteiger charge is 2.31. The van der Waals surface area contributed by atoms with Gasteiger partial charge in [0.05, 0.1) is 26.2 Å². The number of rotatable bonds is 11. The Morgan fingerprint density at radius 2 is 1.71 bits per heavy atom. The Morgan fingerprint density at radius 3 is 2.26 bits per heavy atom. The molecular formula is C24H32ClN3O6S. The van der Waals surface area contributed by atoms with Crippen LogP contribution in [0.25, 0.3) is 0 Å². The quantitative estimate of drug-likeness (QED) is 0.483. The summed E-state index contributed by atoms with van der Waals surface area (Å²) in [5.74, 6) is -0.330. The zero-order valence-corrected chi connectivity index (χ0v) is 22.3. The summed E-state index contributed by atoms with van der Waals surface area (Å²) in [6.07, 6.45) is 0.993. The molecular weight excluding hydrogens is 494 g/mol. The average Bonchev–Trinajstić information content (AvgIpc) is 2.79. The maximum Gasteiger partial charge on any atom is 0.244 e.